The Hall–Kier alpha value is 0.754. The molecule has 1 aromatic rings. The van der Waals surface area contributed by atoms with Crippen LogP contribution < -0.4 is 0 Å². The Morgan fingerprint density at radius 1 is 1.13 bits per heavy atom. The van der Waals surface area contributed by atoms with Crippen molar-refractivity contribution in [1.82, 2.24) is 0 Å². The quantitative estimate of drug-likeness (QED) is 0.574. The molecule has 0 bridgehead atoms. The Morgan fingerprint density at radius 3 is 2.00 bits per heavy atom. The zero-order chi connectivity index (χ0) is 10.6. The minimum Gasteiger partial charge on any atom is -0.184 e. The Balaban J connectivity index is 0. The summed E-state index contributed by atoms with van der Waals surface area (Å²) in [6.07, 6.45) is 5.43. The average molecular weight is 298 g/mol. The van der Waals surface area contributed by atoms with Crippen LogP contribution in [-0.2, 0) is 32.7 Å². The first-order chi connectivity index (χ1) is 6.81. The molecule has 83 valence electrons. The maximum Gasteiger partial charge on any atom is 0 e. The number of hydrogen-bond donors (Lipinski definition) is 0. The summed E-state index contributed by atoms with van der Waals surface area (Å²) in [5.41, 5.74) is 0.870. The van der Waals surface area contributed by atoms with Crippen LogP contribution in [0.15, 0.2) is 30.3 Å². The fourth-order valence-corrected chi connectivity index (χ4v) is 1.25. The van der Waals surface area contributed by atoms with Crippen molar-refractivity contribution in [2.45, 2.75) is 45.2 Å². The normalized spacial score (nSPS) is 10.6. The molecular weight excluding hydrogens is 276 g/mol. The zero-order valence-electron chi connectivity index (χ0n) is 9.95. The minimum atomic E-state index is 0. The summed E-state index contributed by atoms with van der Waals surface area (Å²) in [5.74, 6) is 0. The van der Waals surface area contributed by atoms with Crippen LogP contribution in [0.5, 0.6) is 0 Å². The van der Waals surface area contributed by atoms with Gasteiger partial charge in [-0.05, 0) is 18.5 Å². The third kappa shape index (κ3) is 14.8. The number of hydrogen-bond acceptors (Lipinski definition) is 0. The van der Waals surface area contributed by atoms with Crippen LogP contribution in [0.4, 0.5) is 0 Å². The van der Waals surface area contributed by atoms with E-state index in [4.69, 9.17) is 0 Å². The summed E-state index contributed by atoms with van der Waals surface area (Å²) in [6, 6.07) is 12.5. The smallest absolute Gasteiger partial charge is 0 e. The van der Waals surface area contributed by atoms with Gasteiger partial charge in [0.05, 0.1) is 0 Å². The predicted molar refractivity (Wildman–Crippen MR) is 68.6 cm³/mol. The maximum atomic E-state index is 2.89. The van der Waals surface area contributed by atoms with Gasteiger partial charge in [0.2, 0.25) is 0 Å². The van der Waals surface area contributed by atoms with Gasteiger partial charge in [-0.3, -0.25) is 0 Å². The second-order valence-corrected chi connectivity index (χ2v) is 4.33. The monoisotopic (exact) mass is 298 g/mol. The van der Waals surface area contributed by atoms with Gasteiger partial charge in [0.25, 0.3) is 0 Å². The van der Waals surface area contributed by atoms with Crippen LogP contribution in [0.25, 0.3) is 0 Å². The van der Waals surface area contributed by atoms with E-state index in [1.54, 1.807) is 0 Å². The summed E-state index contributed by atoms with van der Waals surface area (Å²) < 4.78 is 0. The molecule has 0 N–H and O–H groups in total. The third-order valence-corrected chi connectivity index (χ3v) is 2.86. The van der Waals surface area contributed by atoms with Crippen LogP contribution in [0.1, 0.15) is 39.5 Å². The number of benzene rings is 1. The van der Waals surface area contributed by atoms with Gasteiger partial charge in [0.15, 0.2) is 0 Å². The minimum absolute atomic E-state index is 0. The molecule has 0 aromatic heterocycles. The fourth-order valence-electron chi connectivity index (χ4n) is 1.01. The molecule has 0 spiro atoms. The van der Waals surface area contributed by atoms with Gasteiger partial charge in [0.1, 0.15) is 0 Å². The Morgan fingerprint density at radius 2 is 1.73 bits per heavy atom. The van der Waals surface area contributed by atoms with Crippen molar-refractivity contribution in [3.63, 3.8) is 0 Å². The molecule has 0 nitrogen and oxygen atoms in total. The fraction of sp³-hybridized carbons (Fsp3) is 0.538. The summed E-state index contributed by atoms with van der Waals surface area (Å²) >= 11 is 0. The zero-order valence-corrected chi connectivity index (χ0v) is 13.9. The summed E-state index contributed by atoms with van der Waals surface area (Å²) in [6.45, 7) is 4.49. The van der Waals surface area contributed by atoms with Crippen LogP contribution in [0, 0.1) is 6.07 Å². The molecule has 0 saturated heterocycles. The largest absolute Gasteiger partial charge is 0.184 e. The van der Waals surface area contributed by atoms with E-state index in [9.17, 15) is 0 Å². The van der Waals surface area contributed by atoms with E-state index >= 15 is 0 Å². The molecule has 0 aliphatic heterocycles. The van der Waals surface area contributed by atoms with E-state index in [2.05, 4.69) is 29.2 Å². The third-order valence-electron chi connectivity index (χ3n) is 2.06. The molecular formula is C13H22PY-. The van der Waals surface area contributed by atoms with E-state index in [1.165, 1.54) is 25.7 Å². The van der Waals surface area contributed by atoms with Crippen molar-refractivity contribution in [3.8, 4) is 0 Å². The summed E-state index contributed by atoms with van der Waals surface area (Å²) in [7, 11) is 2.88. The molecule has 2 unspecified atom stereocenters. The second-order valence-electron chi connectivity index (χ2n) is 3.39. The van der Waals surface area contributed by atoms with Gasteiger partial charge >= 0.3 is 0 Å². The molecule has 15 heavy (non-hydrogen) atoms. The van der Waals surface area contributed by atoms with Crippen LogP contribution in [-0.4, -0.2) is 5.66 Å². The van der Waals surface area contributed by atoms with Crippen LogP contribution in [0.3, 0.4) is 0 Å². The molecule has 1 rings (SSSR count). The van der Waals surface area contributed by atoms with Gasteiger partial charge in [-0.2, -0.15) is 36.4 Å². The van der Waals surface area contributed by atoms with Crippen molar-refractivity contribution < 1.29 is 32.7 Å². The topological polar surface area (TPSA) is 0 Å². The molecule has 2 atom stereocenters. The summed E-state index contributed by atoms with van der Waals surface area (Å²) in [4.78, 5) is 0. The Bertz CT molecular complexity index is 162. The Kier molecular flexibility index (Phi) is 17.8. The van der Waals surface area contributed by atoms with Crippen molar-refractivity contribution in [1.29, 1.82) is 0 Å². The molecule has 1 aromatic carbocycles. The van der Waals surface area contributed by atoms with E-state index in [0.717, 1.165) is 5.66 Å². The maximum absolute atomic E-state index is 2.89. The summed E-state index contributed by atoms with van der Waals surface area (Å²) in [5, 5.41) is 0. The van der Waals surface area contributed by atoms with Gasteiger partial charge in [-0.15, -0.1) is 9.24 Å². The molecule has 0 amide bonds. The molecule has 0 aliphatic rings. The van der Waals surface area contributed by atoms with Crippen molar-refractivity contribution in [2.75, 3.05) is 0 Å². The number of unbranched alkanes of at least 4 members (excludes halogenated alkanes) is 1. The molecule has 2 heteroatoms. The molecule has 1 radical (unpaired) electrons. The van der Waals surface area contributed by atoms with Crippen LogP contribution >= 0.6 is 9.24 Å². The van der Waals surface area contributed by atoms with E-state index in [0.29, 0.717) is 0 Å². The van der Waals surface area contributed by atoms with Gasteiger partial charge in [-0.25, -0.2) is 0 Å². The molecule has 0 aliphatic carbocycles. The Labute approximate surface area is 123 Å². The van der Waals surface area contributed by atoms with E-state index in [1.807, 2.05) is 30.3 Å². The van der Waals surface area contributed by atoms with Gasteiger partial charge < -0.3 is 0 Å². The second kappa shape index (κ2) is 14.8. The molecule has 0 fully saturated rings. The van der Waals surface area contributed by atoms with Crippen molar-refractivity contribution in [2.24, 2.45) is 0 Å². The molecule has 0 saturated carbocycles. The SMILES string of the molecule is CCCCC(P)CC.[Y].[c-]1ccccc1. The first kappa shape index (κ1) is 18.1. The van der Waals surface area contributed by atoms with Crippen molar-refractivity contribution >= 4 is 9.24 Å². The standard InChI is InChI=1S/C7H17P.C6H5.Y/c1-3-5-6-7(8)4-2;1-2-4-6-5-3-1;/h7H,3-6,8H2,1-2H3;1-5H;/q;-1;. The van der Waals surface area contributed by atoms with Crippen molar-refractivity contribution in [3.05, 3.63) is 36.4 Å². The van der Waals surface area contributed by atoms with E-state index < -0.39 is 0 Å². The number of rotatable bonds is 4. The van der Waals surface area contributed by atoms with Gasteiger partial charge in [-0.1, -0.05) is 26.7 Å². The predicted octanol–water partition coefficient (Wildman–Crippen LogP) is 4.31. The first-order valence-electron chi connectivity index (χ1n) is 5.47. The van der Waals surface area contributed by atoms with Crippen LogP contribution in [0.2, 0.25) is 0 Å². The average Bonchev–Trinajstić information content (AvgIpc) is 2.29. The van der Waals surface area contributed by atoms with Gasteiger partial charge in [0, 0.05) is 32.7 Å². The van der Waals surface area contributed by atoms with E-state index in [-0.39, 0.29) is 32.7 Å². The first-order valence-corrected chi connectivity index (χ1v) is 6.14. The molecule has 0 heterocycles.